The van der Waals surface area contributed by atoms with E-state index in [1.54, 1.807) is 0 Å². The summed E-state index contributed by atoms with van der Waals surface area (Å²) in [5.41, 5.74) is 2.15. The van der Waals surface area contributed by atoms with Crippen LogP contribution in [0, 0.1) is 0 Å². The maximum absolute atomic E-state index is 5.74. The van der Waals surface area contributed by atoms with E-state index in [-0.39, 0.29) is 10.8 Å². The van der Waals surface area contributed by atoms with Crippen LogP contribution in [0.5, 0.6) is 0 Å². The van der Waals surface area contributed by atoms with E-state index in [1.807, 2.05) is 32.9 Å². The second-order valence-electron chi connectivity index (χ2n) is 8.25. The highest BCUT2D eigenvalue weighted by molar-refractivity contribution is 7.98. The summed E-state index contributed by atoms with van der Waals surface area (Å²) >= 11 is 1.38. The largest absolute Gasteiger partial charge is 0.411 e. The summed E-state index contributed by atoms with van der Waals surface area (Å²) in [6.45, 7) is 12.7. The predicted molar refractivity (Wildman–Crippen MR) is 101 cm³/mol. The van der Waals surface area contributed by atoms with Crippen LogP contribution in [0.4, 0.5) is 0 Å². The number of nitrogens with zero attached hydrogens (tertiary/aromatic N) is 4. The number of rotatable bonds is 4. The summed E-state index contributed by atoms with van der Waals surface area (Å²) < 4.78 is 11.0. The molecular weight excluding hydrogens is 348 g/mol. The van der Waals surface area contributed by atoms with E-state index in [4.69, 9.17) is 8.94 Å². The Hall–Kier alpha value is -2.15. The van der Waals surface area contributed by atoms with E-state index >= 15 is 0 Å². The predicted octanol–water partition coefficient (Wildman–Crippen LogP) is 5.01. The average Bonchev–Trinajstić information content (AvgIpc) is 3.21. The van der Waals surface area contributed by atoms with Gasteiger partial charge in [-0.25, -0.2) is 0 Å². The molecule has 3 aromatic rings. The minimum atomic E-state index is -0.136. The van der Waals surface area contributed by atoms with Crippen LogP contribution in [-0.2, 0) is 16.6 Å². The van der Waals surface area contributed by atoms with E-state index in [2.05, 4.69) is 53.2 Å². The molecule has 0 saturated heterocycles. The molecule has 6 nitrogen and oxygen atoms in total. The van der Waals surface area contributed by atoms with Gasteiger partial charge in [0.25, 0.3) is 5.22 Å². The number of thioether (sulfide) groups is 1. The number of hydrogen-bond donors (Lipinski definition) is 0. The third-order valence-corrected chi connectivity index (χ3v) is 4.67. The molecule has 2 heterocycles. The van der Waals surface area contributed by atoms with Crippen molar-refractivity contribution in [3.8, 4) is 11.5 Å². The van der Waals surface area contributed by atoms with E-state index in [0.29, 0.717) is 28.6 Å². The Morgan fingerprint density at radius 1 is 0.923 bits per heavy atom. The number of hydrogen-bond acceptors (Lipinski definition) is 7. The molecule has 0 spiro atoms. The summed E-state index contributed by atoms with van der Waals surface area (Å²) in [4.78, 5) is 4.41. The van der Waals surface area contributed by atoms with Gasteiger partial charge in [-0.2, -0.15) is 4.98 Å². The Morgan fingerprint density at radius 3 is 2.19 bits per heavy atom. The van der Waals surface area contributed by atoms with Crippen LogP contribution in [-0.4, -0.2) is 20.3 Å². The van der Waals surface area contributed by atoms with Gasteiger partial charge in [0.05, 0.1) is 5.75 Å². The molecule has 7 heteroatoms. The molecule has 0 aliphatic carbocycles. The van der Waals surface area contributed by atoms with Gasteiger partial charge < -0.3 is 8.94 Å². The van der Waals surface area contributed by atoms with Crippen LogP contribution < -0.4 is 0 Å². The molecule has 1 aromatic carbocycles. The van der Waals surface area contributed by atoms with Crippen LogP contribution in [0.25, 0.3) is 11.5 Å². The van der Waals surface area contributed by atoms with Crippen LogP contribution in [0.15, 0.2) is 38.4 Å². The zero-order valence-electron chi connectivity index (χ0n) is 16.0. The molecule has 0 bridgehead atoms. The SMILES string of the molecule is CC(C)(C)c1ccc(-c2nnc(SCc3nc(C(C)(C)C)no3)o2)cc1. The smallest absolute Gasteiger partial charge is 0.277 e. The molecule has 3 rings (SSSR count). The van der Waals surface area contributed by atoms with Gasteiger partial charge in [-0.05, 0) is 23.1 Å². The first-order valence-electron chi connectivity index (χ1n) is 8.53. The fraction of sp³-hybridized carbons (Fsp3) is 0.474. The molecule has 0 saturated carbocycles. The summed E-state index contributed by atoms with van der Waals surface area (Å²) in [6.07, 6.45) is 0. The lowest BCUT2D eigenvalue weighted by atomic mass is 9.87. The molecule has 0 N–H and O–H groups in total. The van der Waals surface area contributed by atoms with Gasteiger partial charge in [0.1, 0.15) is 0 Å². The molecule has 26 heavy (non-hydrogen) atoms. The molecular formula is C19H24N4O2S. The van der Waals surface area contributed by atoms with Crippen LogP contribution in [0.1, 0.15) is 58.8 Å². The average molecular weight is 372 g/mol. The molecule has 0 aliphatic heterocycles. The van der Waals surface area contributed by atoms with Gasteiger partial charge in [0.2, 0.25) is 11.8 Å². The van der Waals surface area contributed by atoms with Crippen molar-refractivity contribution in [2.24, 2.45) is 0 Å². The highest BCUT2D eigenvalue weighted by Crippen LogP contribution is 2.28. The third kappa shape index (κ3) is 4.33. The summed E-state index contributed by atoms with van der Waals surface area (Å²) in [7, 11) is 0. The van der Waals surface area contributed by atoms with Crippen molar-refractivity contribution in [2.45, 2.75) is 63.3 Å². The molecule has 0 radical (unpaired) electrons. The van der Waals surface area contributed by atoms with Crippen molar-refractivity contribution in [2.75, 3.05) is 0 Å². The molecule has 0 amide bonds. The van der Waals surface area contributed by atoms with Crippen LogP contribution >= 0.6 is 11.8 Å². The summed E-state index contributed by atoms with van der Waals surface area (Å²) in [5.74, 6) is 2.24. The van der Waals surface area contributed by atoms with E-state index in [0.717, 1.165) is 5.56 Å². The van der Waals surface area contributed by atoms with Crippen LogP contribution in [0.3, 0.4) is 0 Å². The zero-order valence-corrected chi connectivity index (χ0v) is 16.8. The molecule has 138 valence electrons. The normalized spacial score (nSPS) is 12.5. The standard InChI is InChI=1S/C19H24N4O2S/c1-18(2,3)13-9-7-12(8-10-13)15-21-22-17(24-15)26-11-14-20-16(23-25-14)19(4,5)6/h7-10H,11H2,1-6H3. The molecule has 0 fully saturated rings. The maximum atomic E-state index is 5.74. The molecule has 0 unspecified atom stereocenters. The van der Waals surface area contributed by atoms with Crippen molar-refractivity contribution in [1.82, 2.24) is 20.3 Å². The lowest BCUT2D eigenvalue weighted by molar-refractivity contribution is 0.372. The first kappa shape index (κ1) is 18.6. The van der Waals surface area contributed by atoms with Crippen molar-refractivity contribution in [3.63, 3.8) is 0 Å². The van der Waals surface area contributed by atoms with Crippen molar-refractivity contribution >= 4 is 11.8 Å². The van der Waals surface area contributed by atoms with Crippen molar-refractivity contribution < 1.29 is 8.94 Å². The van der Waals surface area contributed by atoms with Gasteiger partial charge in [-0.1, -0.05) is 70.6 Å². The zero-order chi connectivity index (χ0) is 18.9. The quantitative estimate of drug-likeness (QED) is 0.596. The fourth-order valence-electron chi connectivity index (χ4n) is 2.24. The monoisotopic (exact) mass is 372 g/mol. The lowest BCUT2D eigenvalue weighted by Crippen LogP contribution is -2.13. The fourth-order valence-corrected chi connectivity index (χ4v) is 2.84. The molecule has 2 aromatic heterocycles. The molecule has 0 aliphatic rings. The minimum Gasteiger partial charge on any atom is -0.411 e. The number of aromatic nitrogens is 4. The lowest BCUT2D eigenvalue weighted by Gasteiger charge is -2.18. The van der Waals surface area contributed by atoms with Crippen molar-refractivity contribution in [1.29, 1.82) is 0 Å². The molecule has 0 atom stereocenters. The Kier molecular flexibility index (Phi) is 4.92. The highest BCUT2D eigenvalue weighted by atomic mass is 32.2. The Labute approximate surface area is 157 Å². The van der Waals surface area contributed by atoms with Gasteiger partial charge in [0, 0.05) is 11.0 Å². The van der Waals surface area contributed by atoms with Crippen molar-refractivity contribution in [3.05, 3.63) is 41.5 Å². The van der Waals surface area contributed by atoms with Gasteiger partial charge in [0.15, 0.2) is 5.82 Å². The Bertz CT molecular complexity index is 870. The third-order valence-electron chi connectivity index (χ3n) is 3.86. The van der Waals surface area contributed by atoms with Gasteiger partial charge in [-0.15, -0.1) is 10.2 Å². The summed E-state index contributed by atoms with van der Waals surface area (Å²) in [5, 5.41) is 12.7. The second-order valence-corrected chi connectivity index (χ2v) is 9.18. The Balaban J connectivity index is 1.66. The first-order valence-corrected chi connectivity index (χ1v) is 9.52. The highest BCUT2D eigenvalue weighted by Gasteiger charge is 2.21. The first-order chi connectivity index (χ1) is 12.1. The maximum Gasteiger partial charge on any atom is 0.277 e. The van der Waals surface area contributed by atoms with Gasteiger partial charge >= 0.3 is 0 Å². The van der Waals surface area contributed by atoms with E-state index < -0.39 is 0 Å². The summed E-state index contributed by atoms with van der Waals surface area (Å²) in [6, 6.07) is 8.21. The second kappa shape index (κ2) is 6.87. The minimum absolute atomic E-state index is 0.115. The Morgan fingerprint density at radius 2 is 1.62 bits per heavy atom. The van der Waals surface area contributed by atoms with Crippen LogP contribution in [0.2, 0.25) is 0 Å². The van der Waals surface area contributed by atoms with Gasteiger partial charge in [-0.3, -0.25) is 0 Å². The van der Waals surface area contributed by atoms with E-state index in [9.17, 15) is 0 Å². The topological polar surface area (TPSA) is 77.8 Å². The van der Waals surface area contributed by atoms with E-state index in [1.165, 1.54) is 17.3 Å². The number of benzene rings is 1.